The Balaban J connectivity index is 2.46. The van der Waals surface area contributed by atoms with Crippen molar-refractivity contribution < 1.29 is 28.6 Å². The SMILES string of the molecule is CCn1c(C)c(C(=O)C(C)N(CCCOC)C(=O)c2ccc(OC)cc2)c(C)c1C(=O)OC. The van der Waals surface area contributed by atoms with Gasteiger partial charge in [0.15, 0.2) is 5.78 Å². The van der Waals surface area contributed by atoms with Crippen molar-refractivity contribution in [2.24, 2.45) is 0 Å². The fourth-order valence-electron chi connectivity index (χ4n) is 4.11. The van der Waals surface area contributed by atoms with Crippen molar-refractivity contribution in [3.8, 4) is 5.75 Å². The van der Waals surface area contributed by atoms with Crippen LogP contribution in [0.4, 0.5) is 0 Å². The first-order chi connectivity index (χ1) is 15.7. The van der Waals surface area contributed by atoms with Gasteiger partial charge in [0.25, 0.3) is 5.91 Å². The molecule has 1 amide bonds. The molecule has 33 heavy (non-hydrogen) atoms. The van der Waals surface area contributed by atoms with E-state index in [1.165, 1.54) is 7.11 Å². The van der Waals surface area contributed by atoms with Crippen molar-refractivity contribution in [3.63, 3.8) is 0 Å². The summed E-state index contributed by atoms with van der Waals surface area (Å²) in [6, 6.07) is 6.05. The number of hydrogen-bond donors (Lipinski definition) is 0. The number of nitrogens with zero attached hydrogens (tertiary/aromatic N) is 2. The maximum atomic E-state index is 13.7. The Morgan fingerprint density at radius 3 is 2.21 bits per heavy atom. The summed E-state index contributed by atoms with van der Waals surface area (Å²) in [5.41, 5.74) is 2.51. The summed E-state index contributed by atoms with van der Waals surface area (Å²) in [4.78, 5) is 41.0. The number of esters is 1. The van der Waals surface area contributed by atoms with Crippen molar-refractivity contribution in [2.45, 2.75) is 46.7 Å². The van der Waals surface area contributed by atoms with Gasteiger partial charge in [-0.05, 0) is 63.9 Å². The first-order valence-electron chi connectivity index (χ1n) is 11.0. The van der Waals surface area contributed by atoms with Crippen LogP contribution in [0.15, 0.2) is 24.3 Å². The van der Waals surface area contributed by atoms with E-state index in [2.05, 4.69) is 0 Å². The van der Waals surface area contributed by atoms with Gasteiger partial charge in [-0.2, -0.15) is 0 Å². The summed E-state index contributed by atoms with van der Waals surface area (Å²) >= 11 is 0. The van der Waals surface area contributed by atoms with E-state index in [4.69, 9.17) is 14.2 Å². The Kier molecular flexibility index (Phi) is 9.22. The van der Waals surface area contributed by atoms with Gasteiger partial charge in [-0.3, -0.25) is 9.59 Å². The van der Waals surface area contributed by atoms with E-state index in [0.717, 1.165) is 0 Å². The normalized spacial score (nSPS) is 11.7. The zero-order valence-corrected chi connectivity index (χ0v) is 20.6. The van der Waals surface area contributed by atoms with E-state index in [-0.39, 0.29) is 11.7 Å². The molecule has 0 saturated heterocycles. The Hall–Kier alpha value is -3.13. The number of benzene rings is 1. The molecule has 8 nitrogen and oxygen atoms in total. The number of amides is 1. The average molecular weight is 459 g/mol. The van der Waals surface area contributed by atoms with Crippen LogP contribution in [0.3, 0.4) is 0 Å². The van der Waals surface area contributed by atoms with Crippen molar-refractivity contribution in [2.75, 3.05) is 34.5 Å². The quantitative estimate of drug-likeness (QED) is 0.290. The number of ketones is 1. The molecule has 0 radical (unpaired) electrons. The highest BCUT2D eigenvalue weighted by molar-refractivity contribution is 6.07. The third-order valence-electron chi connectivity index (χ3n) is 5.90. The molecule has 1 heterocycles. The number of ether oxygens (including phenoxy) is 3. The van der Waals surface area contributed by atoms with Gasteiger partial charge in [-0.1, -0.05) is 0 Å². The molecule has 0 N–H and O–H groups in total. The zero-order chi connectivity index (χ0) is 24.7. The van der Waals surface area contributed by atoms with E-state index in [0.29, 0.717) is 59.9 Å². The molecule has 0 spiro atoms. The van der Waals surface area contributed by atoms with Crippen LogP contribution in [0, 0.1) is 13.8 Å². The molecular weight excluding hydrogens is 424 g/mol. The lowest BCUT2D eigenvalue weighted by atomic mass is 9.99. The van der Waals surface area contributed by atoms with E-state index in [1.807, 2.05) is 13.8 Å². The highest BCUT2D eigenvalue weighted by Crippen LogP contribution is 2.26. The van der Waals surface area contributed by atoms with Crippen LogP contribution in [0.25, 0.3) is 0 Å². The number of aromatic nitrogens is 1. The van der Waals surface area contributed by atoms with E-state index < -0.39 is 12.0 Å². The van der Waals surface area contributed by atoms with Crippen molar-refractivity contribution in [1.82, 2.24) is 9.47 Å². The molecule has 1 unspecified atom stereocenters. The largest absolute Gasteiger partial charge is 0.497 e. The van der Waals surface area contributed by atoms with Crippen LogP contribution in [0.5, 0.6) is 5.75 Å². The van der Waals surface area contributed by atoms with Crippen molar-refractivity contribution in [3.05, 3.63) is 52.3 Å². The third kappa shape index (κ3) is 5.45. The topological polar surface area (TPSA) is 87.1 Å². The molecule has 0 aliphatic rings. The van der Waals surface area contributed by atoms with E-state index in [1.54, 1.807) is 61.8 Å². The molecule has 0 bridgehead atoms. The van der Waals surface area contributed by atoms with Gasteiger partial charge in [0.05, 0.1) is 20.3 Å². The third-order valence-corrected chi connectivity index (χ3v) is 5.90. The number of rotatable bonds is 11. The minimum Gasteiger partial charge on any atom is -0.497 e. The van der Waals surface area contributed by atoms with Gasteiger partial charge < -0.3 is 23.7 Å². The molecule has 8 heteroatoms. The summed E-state index contributed by atoms with van der Waals surface area (Å²) < 4.78 is 17.0. The highest BCUT2D eigenvalue weighted by atomic mass is 16.5. The van der Waals surface area contributed by atoms with Crippen LogP contribution in [-0.2, 0) is 16.0 Å². The van der Waals surface area contributed by atoms with Crippen LogP contribution in [0.1, 0.15) is 62.7 Å². The van der Waals surface area contributed by atoms with Crippen LogP contribution in [-0.4, -0.2) is 67.6 Å². The summed E-state index contributed by atoms with van der Waals surface area (Å²) in [6.45, 7) is 8.50. The van der Waals surface area contributed by atoms with Gasteiger partial charge in [-0.15, -0.1) is 0 Å². The lowest BCUT2D eigenvalue weighted by molar-refractivity contribution is 0.0585. The molecule has 2 aromatic rings. The molecule has 2 rings (SSSR count). The van der Waals surface area contributed by atoms with Gasteiger partial charge >= 0.3 is 5.97 Å². The average Bonchev–Trinajstić information content (AvgIpc) is 3.09. The molecule has 180 valence electrons. The number of Topliss-reactive ketones (excluding diaryl/α,β-unsaturated/α-hetero) is 1. The van der Waals surface area contributed by atoms with Gasteiger partial charge in [0.1, 0.15) is 11.4 Å². The van der Waals surface area contributed by atoms with Crippen molar-refractivity contribution in [1.29, 1.82) is 0 Å². The minimum atomic E-state index is -0.743. The summed E-state index contributed by atoms with van der Waals surface area (Å²) in [5, 5.41) is 0. The maximum absolute atomic E-state index is 13.7. The fourth-order valence-corrected chi connectivity index (χ4v) is 4.11. The standard InChI is InChI=1S/C25H34N2O6/c1-8-26-17(3)21(16(2)22(26)25(30)33-7)23(28)18(4)27(14-9-15-31-5)24(29)19-10-12-20(32-6)13-11-19/h10-13,18H,8-9,14-15H2,1-7H3. The Labute approximate surface area is 195 Å². The molecule has 1 atom stereocenters. The number of carbonyl (C=O) groups is 3. The molecule has 0 fully saturated rings. The van der Waals surface area contributed by atoms with Crippen LogP contribution in [0.2, 0.25) is 0 Å². The van der Waals surface area contributed by atoms with Crippen molar-refractivity contribution >= 4 is 17.7 Å². The van der Waals surface area contributed by atoms with E-state index in [9.17, 15) is 14.4 Å². The second-order valence-electron chi connectivity index (χ2n) is 7.78. The number of methoxy groups -OCH3 is 3. The Morgan fingerprint density at radius 1 is 1.06 bits per heavy atom. The lowest BCUT2D eigenvalue weighted by Crippen LogP contribution is -2.44. The molecule has 0 aliphatic heterocycles. The second kappa shape index (κ2) is 11.7. The molecular formula is C25H34N2O6. The van der Waals surface area contributed by atoms with E-state index >= 15 is 0 Å². The highest BCUT2D eigenvalue weighted by Gasteiger charge is 2.33. The fraction of sp³-hybridized carbons (Fsp3) is 0.480. The molecule has 1 aromatic heterocycles. The molecule has 1 aromatic carbocycles. The monoisotopic (exact) mass is 458 g/mol. The predicted octanol–water partition coefficient (Wildman–Crippen LogP) is 3.67. The predicted molar refractivity (Wildman–Crippen MR) is 125 cm³/mol. The van der Waals surface area contributed by atoms with Gasteiger partial charge in [0.2, 0.25) is 0 Å². The summed E-state index contributed by atoms with van der Waals surface area (Å²) in [6.07, 6.45) is 0.581. The summed E-state index contributed by atoms with van der Waals surface area (Å²) in [5.74, 6) is -0.325. The number of hydrogen-bond acceptors (Lipinski definition) is 6. The molecule has 0 aliphatic carbocycles. The van der Waals surface area contributed by atoms with Crippen LogP contribution >= 0.6 is 0 Å². The Morgan fingerprint density at radius 2 is 1.70 bits per heavy atom. The second-order valence-corrected chi connectivity index (χ2v) is 7.78. The summed E-state index contributed by atoms with van der Waals surface area (Å²) in [7, 11) is 4.47. The smallest absolute Gasteiger partial charge is 0.354 e. The lowest BCUT2D eigenvalue weighted by Gasteiger charge is -2.29. The van der Waals surface area contributed by atoms with Crippen LogP contribution < -0.4 is 4.74 Å². The molecule has 0 saturated carbocycles. The number of carbonyl (C=O) groups excluding carboxylic acids is 3. The van der Waals surface area contributed by atoms with Gasteiger partial charge in [-0.25, -0.2) is 4.79 Å². The minimum absolute atomic E-state index is 0.221. The zero-order valence-electron chi connectivity index (χ0n) is 20.6. The Bertz CT molecular complexity index is 993. The first-order valence-corrected chi connectivity index (χ1v) is 11.0. The first kappa shape index (κ1) is 26.1. The van der Waals surface area contributed by atoms with Gasteiger partial charge in [0, 0.05) is 43.6 Å². The maximum Gasteiger partial charge on any atom is 0.354 e.